The van der Waals surface area contributed by atoms with E-state index in [-0.39, 0.29) is 11.1 Å². The molecule has 0 radical (unpaired) electrons. The Morgan fingerprint density at radius 1 is 1.19 bits per heavy atom. The van der Waals surface area contributed by atoms with Gasteiger partial charge in [-0.05, 0) is 38.2 Å². The van der Waals surface area contributed by atoms with Gasteiger partial charge < -0.3 is 14.8 Å². The van der Waals surface area contributed by atoms with Gasteiger partial charge in [-0.1, -0.05) is 17.7 Å². The van der Waals surface area contributed by atoms with E-state index in [1.807, 2.05) is 32.2 Å². The maximum atomic E-state index is 13.2. The number of hydrogen-bond donors (Lipinski definition) is 1. The molecule has 112 valence electrons. The molecule has 2 rings (SSSR count). The number of methoxy groups -OCH3 is 1. The van der Waals surface area contributed by atoms with Gasteiger partial charge in [0.05, 0.1) is 17.7 Å². The van der Waals surface area contributed by atoms with Crippen LogP contribution in [0, 0.1) is 5.82 Å². The van der Waals surface area contributed by atoms with Gasteiger partial charge >= 0.3 is 0 Å². The van der Waals surface area contributed by atoms with Crippen LogP contribution in [0.3, 0.4) is 0 Å². The molecule has 1 atom stereocenters. The molecule has 2 aromatic rings. The van der Waals surface area contributed by atoms with Gasteiger partial charge in [0.1, 0.15) is 23.1 Å². The number of hydrogen-bond acceptors (Lipinski definition) is 3. The van der Waals surface area contributed by atoms with Crippen molar-refractivity contribution in [3.05, 3.63) is 52.8 Å². The van der Waals surface area contributed by atoms with Crippen molar-refractivity contribution in [3.63, 3.8) is 0 Å². The summed E-state index contributed by atoms with van der Waals surface area (Å²) in [4.78, 5) is 0. The van der Waals surface area contributed by atoms with E-state index in [1.54, 1.807) is 7.11 Å². The molecule has 0 aliphatic carbocycles. The summed E-state index contributed by atoms with van der Waals surface area (Å²) in [5.74, 6) is 1.36. The SMILES string of the molecule is CNC(C)c1c(OC)cccc1Oc1ccc(F)c(Cl)c1. The van der Waals surface area contributed by atoms with Crippen molar-refractivity contribution in [2.75, 3.05) is 14.2 Å². The third kappa shape index (κ3) is 3.46. The van der Waals surface area contributed by atoms with Gasteiger partial charge in [-0.3, -0.25) is 0 Å². The fraction of sp³-hybridized carbons (Fsp3) is 0.250. The predicted octanol–water partition coefficient (Wildman–Crippen LogP) is 4.56. The van der Waals surface area contributed by atoms with E-state index in [1.165, 1.54) is 18.2 Å². The average Bonchev–Trinajstić information content (AvgIpc) is 2.50. The van der Waals surface area contributed by atoms with E-state index in [0.717, 1.165) is 11.3 Å². The van der Waals surface area contributed by atoms with Crippen molar-refractivity contribution in [3.8, 4) is 17.2 Å². The summed E-state index contributed by atoms with van der Waals surface area (Å²) in [5.41, 5.74) is 0.892. The minimum atomic E-state index is -0.474. The van der Waals surface area contributed by atoms with Crippen LogP contribution in [0.5, 0.6) is 17.2 Å². The molecule has 3 nitrogen and oxygen atoms in total. The molecule has 0 aromatic heterocycles. The molecule has 0 fully saturated rings. The first-order valence-corrected chi connectivity index (χ1v) is 6.91. The first-order valence-electron chi connectivity index (χ1n) is 6.54. The Kier molecular flexibility index (Phi) is 5.04. The molecule has 0 aliphatic rings. The van der Waals surface area contributed by atoms with Gasteiger partial charge in [-0.25, -0.2) is 4.39 Å². The van der Waals surface area contributed by atoms with Crippen molar-refractivity contribution >= 4 is 11.6 Å². The van der Waals surface area contributed by atoms with Crippen LogP contribution in [0.4, 0.5) is 4.39 Å². The van der Waals surface area contributed by atoms with Crippen LogP contribution in [-0.2, 0) is 0 Å². The van der Waals surface area contributed by atoms with E-state index >= 15 is 0 Å². The third-order valence-electron chi connectivity index (χ3n) is 3.23. The minimum absolute atomic E-state index is 0.0265. The second kappa shape index (κ2) is 6.78. The van der Waals surface area contributed by atoms with Gasteiger partial charge in [0, 0.05) is 12.1 Å². The molecule has 2 aromatic carbocycles. The molecule has 0 bridgehead atoms. The quantitative estimate of drug-likeness (QED) is 0.878. The van der Waals surface area contributed by atoms with Crippen LogP contribution >= 0.6 is 11.6 Å². The molecular weight excluding hydrogens is 293 g/mol. The molecule has 5 heteroatoms. The molecular formula is C16H17ClFNO2. The Morgan fingerprint density at radius 2 is 1.90 bits per heavy atom. The largest absolute Gasteiger partial charge is 0.496 e. The molecule has 21 heavy (non-hydrogen) atoms. The standard InChI is InChI=1S/C16H17ClFNO2/c1-10(19-2)16-14(20-3)5-4-6-15(16)21-11-7-8-13(18)12(17)9-11/h4-10,19H,1-3H3. The average molecular weight is 310 g/mol. The summed E-state index contributed by atoms with van der Waals surface area (Å²) < 4.78 is 24.4. The highest BCUT2D eigenvalue weighted by Crippen LogP contribution is 2.37. The number of nitrogens with one attached hydrogen (secondary N) is 1. The summed E-state index contributed by atoms with van der Waals surface area (Å²) in [6.45, 7) is 2.00. The Hall–Kier alpha value is -1.78. The fourth-order valence-electron chi connectivity index (χ4n) is 2.03. The summed E-state index contributed by atoms with van der Waals surface area (Å²) in [5, 5.41) is 3.18. The normalized spacial score (nSPS) is 12.0. The Labute approximate surface area is 128 Å². The second-order valence-corrected chi connectivity index (χ2v) is 4.97. The van der Waals surface area contributed by atoms with Crippen molar-refractivity contribution in [2.24, 2.45) is 0 Å². The van der Waals surface area contributed by atoms with Crippen LogP contribution < -0.4 is 14.8 Å². The molecule has 0 saturated carbocycles. The molecule has 1 N–H and O–H groups in total. The zero-order valence-corrected chi connectivity index (χ0v) is 12.9. The number of rotatable bonds is 5. The Bertz CT molecular complexity index is 634. The van der Waals surface area contributed by atoms with Gasteiger partial charge in [0.25, 0.3) is 0 Å². The summed E-state index contributed by atoms with van der Waals surface area (Å²) in [6.07, 6.45) is 0. The number of ether oxygens (including phenoxy) is 2. The van der Waals surface area contributed by atoms with Crippen LogP contribution in [0.2, 0.25) is 5.02 Å². The fourth-order valence-corrected chi connectivity index (χ4v) is 2.20. The Balaban J connectivity index is 2.41. The highest BCUT2D eigenvalue weighted by Gasteiger charge is 2.16. The highest BCUT2D eigenvalue weighted by molar-refractivity contribution is 6.30. The number of halogens is 2. The van der Waals surface area contributed by atoms with Crippen molar-refractivity contribution in [2.45, 2.75) is 13.0 Å². The number of benzene rings is 2. The van der Waals surface area contributed by atoms with Gasteiger partial charge in [0.15, 0.2) is 0 Å². The second-order valence-electron chi connectivity index (χ2n) is 4.56. The minimum Gasteiger partial charge on any atom is -0.496 e. The summed E-state index contributed by atoms with van der Waals surface area (Å²) in [7, 11) is 3.47. The monoisotopic (exact) mass is 309 g/mol. The van der Waals surface area contributed by atoms with E-state index < -0.39 is 5.82 Å². The van der Waals surface area contributed by atoms with Gasteiger partial charge in [0.2, 0.25) is 0 Å². The molecule has 0 heterocycles. The lowest BCUT2D eigenvalue weighted by atomic mass is 10.1. The third-order valence-corrected chi connectivity index (χ3v) is 3.52. The molecule has 0 amide bonds. The molecule has 0 spiro atoms. The van der Waals surface area contributed by atoms with Gasteiger partial charge in [-0.2, -0.15) is 0 Å². The summed E-state index contributed by atoms with van der Waals surface area (Å²) >= 11 is 5.78. The van der Waals surface area contributed by atoms with Crippen LogP contribution in [-0.4, -0.2) is 14.2 Å². The zero-order chi connectivity index (χ0) is 15.4. The van der Waals surface area contributed by atoms with Gasteiger partial charge in [-0.15, -0.1) is 0 Å². The maximum Gasteiger partial charge on any atom is 0.142 e. The van der Waals surface area contributed by atoms with E-state index in [9.17, 15) is 4.39 Å². The topological polar surface area (TPSA) is 30.5 Å². The Morgan fingerprint density at radius 3 is 2.52 bits per heavy atom. The summed E-state index contributed by atoms with van der Waals surface area (Å²) in [6, 6.07) is 9.84. The molecule has 1 unspecified atom stereocenters. The smallest absolute Gasteiger partial charge is 0.142 e. The van der Waals surface area contributed by atoms with Crippen molar-refractivity contribution in [1.29, 1.82) is 0 Å². The zero-order valence-electron chi connectivity index (χ0n) is 12.1. The molecule has 0 aliphatic heterocycles. The lowest BCUT2D eigenvalue weighted by molar-refractivity contribution is 0.393. The lowest BCUT2D eigenvalue weighted by Crippen LogP contribution is -2.14. The first-order chi connectivity index (χ1) is 10.1. The lowest BCUT2D eigenvalue weighted by Gasteiger charge is -2.19. The van der Waals surface area contributed by atoms with Crippen LogP contribution in [0.15, 0.2) is 36.4 Å². The first kappa shape index (κ1) is 15.6. The van der Waals surface area contributed by atoms with Crippen LogP contribution in [0.1, 0.15) is 18.5 Å². The van der Waals surface area contributed by atoms with Crippen LogP contribution in [0.25, 0.3) is 0 Å². The van der Waals surface area contributed by atoms with E-state index in [4.69, 9.17) is 21.1 Å². The van der Waals surface area contributed by atoms with E-state index in [0.29, 0.717) is 11.5 Å². The van der Waals surface area contributed by atoms with Crippen molar-refractivity contribution < 1.29 is 13.9 Å². The maximum absolute atomic E-state index is 13.2. The van der Waals surface area contributed by atoms with Crippen molar-refractivity contribution in [1.82, 2.24) is 5.32 Å². The van der Waals surface area contributed by atoms with E-state index in [2.05, 4.69) is 5.32 Å². The predicted molar refractivity (Wildman–Crippen MR) is 82.0 cm³/mol. The highest BCUT2D eigenvalue weighted by atomic mass is 35.5. The molecule has 0 saturated heterocycles.